The van der Waals surface area contributed by atoms with E-state index in [1.807, 2.05) is 0 Å². The van der Waals surface area contributed by atoms with E-state index in [2.05, 4.69) is 0 Å². The second-order valence-electron chi connectivity index (χ2n) is 3.70. The Hall–Kier alpha value is 0.0631. The molecule has 1 aliphatic rings. The molecule has 0 aromatic heterocycles. The van der Waals surface area contributed by atoms with Crippen molar-refractivity contribution in [1.29, 1.82) is 0 Å². The van der Waals surface area contributed by atoms with Crippen molar-refractivity contribution in [2.24, 2.45) is 0 Å². The molecule has 0 unspecified atom stereocenters. The maximum atomic E-state index is 13.0. The second kappa shape index (κ2) is 7.40. The van der Waals surface area contributed by atoms with Crippen molar-refractivity contribution >= 4 is 32.6 Å². The Morgan fingerprint density at radius 1 is 1.06 bits per heavy atom. The third-order valence-electron chi connectivity index (χ3n) is 2.75. The first-order valence-electron chi connectivity index (χ1n) is 4.93. The molecule has 0 atom stereocenters. The first-order valence-corrected chi connectivity index (χ1v) is 6.34. The van der Waals surface area contributed by atoms with E-state index in [9.17, 15) is 8.78 Å². The SMILES string of the molecule is Fc1ccc(C2CC[Si-]CC2)cc1F.[CH3-].[Mg+2]. The summed E-state index contributed by atoms with van der Waals surface area (Å²) in [7, 11) is 1.06. The van der Waals surface area contributed by atoms with Gasteiger partial charge in [0.15, 0.2) is 11.6 Å². The quantitative estimate of drug-likeness (QED) is 0.528. The summed E-state index contributed by atoms with van der Waals surface area (Å²) in [6.45, 7) is 0. The van der Waals surface area contributed by atoms with Gasteiger partial charge in [0.05, 0.1) is 0 Å². The smallest absolute Gasteiger partial charge is 0.429 e. The Kier molecular flexibility index (Phi) is 7.43. The Morgan fingerprint density at radius 2 is 1.69 bits per heavy atom. The zero-order valence-electron chi connectivity index (χ0n) is 9.60. The van der Waals surface area contributed by atoms with Crippen molar-refractivity contribution in [2.75, 3.05) is 0 Å². The van der Waals surface area contributed by atoms with Crippen LogP contribution in [0.1, 0.15) is 24.3 Å². The van der Waals surface area contributed by atoms with Gasteiger partial charge >= 0.3 is 23.1 Å². The molecule has 0 bridgehead atoms. The van der Waals surface area contributed by atoms with Crippen LogP contribution in [0.4, 0.5) is 8.78 Å². The van der Waals surface area contributed by atoms with Crippen LogP contribution in [0.15, 0.2) is 18.2 Å². The second-order valence-corrected chi connectivity index (χ2v) is 5.20. The third-order valence-corrected chi connectivity index (χ3v) is 4.04. The summed E-state index contributed by atoms with van der Waals surface area (Å²) in [5.41, 5.74) is 0.966. The maximum absolute atomic E-state index is 13.0. The molecule has 1 heterocycles. The molecule has 1 fully saturated rings. The molecule has 0 spiro atoms. The molecule has 0 aliphatic carbocycles. The number of rotatable bonds is 1. The molecule has 4 heteroatoms. The molecule has 1 saturated heterocycles. The van der Waals surface area contributed by atoms with E-state index in [1.54, 1.807) is 6.07 Å². The Labute approximate surface area is 115 Å². The third kappa shape index (κ3) is 3.82. The average Bonchev–Trinajstić information content (AvgIpc) is 2.23. The van der Waals surface area contributed by atoms with Gasteiger partial charge in [0, 0.05) is 0 Å². The number of hydrogen-bond donors (Lipinski definition) is 0. The van der Waals surface area contributed by atoms with E-state index in [0.717, 1.165) is 27.9 Å². The van der Waals surface area contributed by atoms with Crippen molar-refractivity contribution in [2.45, 2.75) is 30.8 Å². The van der Waals surface area contributed by atoms with Crippen LogP contribution < -0.4 is 0 Å². The molecule has 0 N–H and O–H groups in total. The fourth-order valence-electron chi connectivity index (χ4n) is 1.92. The topological polar surface area (TPSA) is 0 Å². The molecule has 0 saturated carbocycles. The average molecular weight is 250 g/mol. The van der Waals surface area contributed by atoms with E-state index < -0.39 is 11.6 Å². The predicted molar refractivity (Wildman–Crippen MR) is 65.9 cm³/mol. The standard InChI is InChI=1S/C11H12F2Si.CH3.Mg/c12-10-2-1-9(7-11(10)13)8-3-5-14-6-4-8;;/h1-2,7-8H,3-6H2;1H3;/q2*-1;+2. The van der Waals surface area contributed by atoms with Crippen LogP contribution >= 0.6 is 0 Å². The minimum Gasteiger partial charge on any atom is -0.429 e. The van der Waals surface area contributed by atoms with Crippen molar-refractivity contribution in [1.82, 2.24) is 0 Å². The van der Waals surface area contributed by atoms with Crippen LogP contribution in [0.5, 0.6) is 0 Å². The van der Waals surface area contributed by atoms with Crippen molar-refractivity contribution < 1.29 is 8.78 Å². The van der Waals surface area contributed by atoms with Crippen LogP contribution in [-0.2, 0) is 0 Å². The molecule has 1 radical (unpaired) electrons. The molecule has 1 aliphatic heterocycles. The molecule has 0 amide bonds. The molecule has 0 nitrogen and oxygen atoms in total. The Bertz CT molecular complexity index is 325. The number of benzene rings is 1. The summed E-state index contributed by atoms with van der Waals surface area (Å²) >= 11 is 0. The minimum absolute atomic E-state index is 0. The summed E-state index contributed by atoms with van der Waals surface area (Å²) in [5.74, 6) is -1.01. The van der Waals surface area contributed by atoms with Gasteiger partial charge in [-0.3, -0.25) is 0 Å². The van der Waals surface area contributed by atoms with Crippen LogP contribution in [0.25, 0.3) is 0 Å². The summed E-state index contributed by atoms with van der Waals surface area (Å²) < 4.78 is 25.7. The minimum atomic E-state index is -0.744. The largest absolute Gasteiger partial charge is 2.00 e. The van der Waals surface area contributed by atoms with Gasteiger partial charge in [0.1, 0.15) is 0 Å². The monoisotopic (exact) mass is 249 g/mol. The molecule has 83 valence electrons. The molecule has 1 aromatic rings. The molecule has 2 rings (SSSR count). The van der Waals surface area contributed by atoms with E-state index >= 15 is 0 Å². The van der Waals surface area contributed by atoms with Crippen LogP contribution in [0.2, 0.25) is 12.1 Å². The molecule has 1 aromatic carbocycles. The van der Waals surface area contributed by atoms with E-state index in [0.29, 0.717) is 5.92 Å². The Balaban J connectivity index is 0.00000112. The molecular formula is C12H15F2MgSi. The first-order chi connectivity index (χ1) is 6.77. The van der Waals surface area contributed by atoms with Crippen LogP contribution in [0.3, 0.4) is 0 Å². The van der Waals surface area contributed by atoms with Crippen molar-refractivity contribution in [3.8, 4) is 0 Å². The van der Waals surface area contributed by atoms with Gasteiger partial charge in [-0.25, -0.2) is 20.9 Å². The van der Waals surface area contributed by atoms with Gasteiger partial charge in [-0.1, -0.05) is 18.9 Å². The Morgan fingerprint density at radius 3 is 2.25 bits per heavy atom. The van der Waals surface area contributed by atoms with E-state index in [4.69, 9.17) is 0 Å². The molecule has 16 heavy (non-hydrogen) atoms. The summed E-state index contributed by atoms with van der Waals surface area (Å²) in [6, 6.07) is 6.79. The van der Waals surface area contributed by atoms with Crippen molar-refractivity contribution in [3.05, 3.63) is 42.8 Å². The van der Waals surface area contributed by atoms with Gasteiger partial charge in [0.2, 0.25) is 0 Å². The maximum Gasteiger partial charge on any atom is 2.00 e. The normalized spacial score (nSPS) is 16.1. The van der Waals surface area contributed by atoms with Crippen LogP contribution in [0, 0.1) is 19.1 Å². The summed E-state index contributed by atoms with van der Waals surface area (Å²) in [6.07, 6.45) is 2.26. The fraction of sp³-hybridized carbons (Fsp3) is 0.417. The van der Waals surface area contributed by atoms with Gasteiger partial charge in [0.25, 0.3) is 0 Å². The van der Waals surface area contributed by atoms with E-state index in [1.165, 1.54) is 24.2 Å². The number of hydrogen-bond acceptors (Lipinski definition) is 0. The summed E-state index contributed by atoms with van der Waals surface area (Å²) in [5, 5.41) is 0. The zero-order valence-corrected chi connectivity index (χ0v) is 12.0. The summed E-state index contributed by atoms with van der Waals surface area (Å²) in [4.78, 5) is 0. The first kappa shape index (κ1) is 16.1. The number of halogens is 2. The van der Waals surface area contributed by atoms with Gasteiger partial charge in [-0.05, 0) is 23.6 Å². The van der Waals surface area contributed by atoms with Gasteiger partial charge in [-0.15, -0.1) is 0 Å². The van der Waals surface area contributed by atoms with Crippen LogP contribution in [-0.4, -0.2) is 32.6 Å². The fourth-order valence-corrected chi connectivity index (χ4v) is 3.28. The zero-order chi connectivity index (χ0) is 9.97. The van der Waals surface area contributed by atoms with Gasteiger partial charge in [-0.2, -0.15) is 0 Å². The predicted octanol–water partition coefficient (Wildman–Crippen LogP) is 3.45. The molecular weight excluding hydrogens is 235 g/mol. The van der Waals surface area contributed by atoms with Crippen molar-refractivity contribution in [3.63, 3.8) is 0 Å². The van der Waals surface area contributed by atoms with Gasteiger partial charge < -0.3 is 16.9 Å². The van der Waals surface area contributed by atoms with E-state index in [-0.39, 0.29) is 30.5 Å².